The molecule has 0 saturated carbocycles. The highest BCUT2D eigenvalue weighted by atomic mass is 31.2. The topological polar surface area (TPSA) is 34.1 Å². The Labute approximate surface area is 335 Å². The molecule has 0 unspecified atom stereocenters. The molecule has 6 aromatic carbocycles. The van der Waals surface area contributed by atoms with E-state index in [1.54, 1.807) is 0 Å². The SMILES string of the molecule is Cc1cc(C)cc(P(=O)(c2cc(C)cc(C)c2)c2ccc3c(c2-c2c(P(=O)(c4cc(C)cc(C)c4)c4cc(C)cc(C)c4)ccc4c2CCCC4)CCCC3)c1. The maximum Gasteiger partial charge on any atom is 0.171 e. The van der Waals surface area contributed by atoms with Crippen molar-refractivity contribution in [3.63, 3.8) is 0 Å². The van der Waals surface area contributed by atoms with Crippen LogP contribution < -0.4 is 31.8 Å². The van der Waals surface area contributed by atoms with Crippen molar-refractivity contribution < 1.29 is 9.13 Å². The minimum Gasteiger partial charge on any atom is -0.309 e. The van der Waals surface area contributed by atoms with E-state index in [0.29, 0.717) is 0 Å². The van der Waals surface area contributed by atoms with Gasteiger partial charge in [-0.3, -0.25) is 0 Å². The third-order valence-corrected chi connectivity index (χ3v) is 18.3. The normalized spacial score (nSPS) is 14.4. The van der Waals surface area contributed by atoms with E-state index in [1.807, 2.05) is 0 Å². The smallest absolute Gasteiger partial charge is 0.171 e. The molecule has 286 valence electrons. The molecule has 0 aliphatic heterocycles. The average molecular weight is 775 g/mol. The fourth-order valence-electron chi connectivity index (χ4n) is 10.1. The molecule has 0 N–H and O–H groups in total. The average Bonchev–Trinajstić information content (AvgIpc) is 3.15. The summed E-state index contributed by atoms with van der Waals surface area (Å²) in [6, 6.07) is 35.0. The molecule has 0 fully saturated rings. The molecule has 2 nitrogen and oxygen atoms in total. The molecule has 0 amide bonds. The Morgan fingerprint density at radius 2 is 0.589 bits per heavy atom. The molecule has 8 rings (SSSR count). The van der Waals surface area contributed by atoms with Crippen molar-refractivity contribution in [1.82, 2.24) is 0 Å². The van der Waals surface area contributed by atoms with Crippen LogP contribution >= 0.6 is 14.3 Å². The first-order valence-electron chi connectivity index (χ1n) is 20.6. The van der Waals surface area contributed by atoms with Gasteiger partial charge in [0.05, 0.1) is 0 Å². The second kappa shape index (κ2) is 14.9. The van der Waals surface area contributed by atoms with Gasteiger partial charge in [0.25, 0.3) is 0 Å². The predicted molar refractivity (Wildman–Crippen MR) is 242 cm³/mol. The fraction of sp³-hybridized carbons (Fsp3) is 0.308. The second-order valence-corrected chi connectivity index (χ2v) is 22.7. The predicted octanol–water partition coefficient (Wildman–Crippen LogP) is 10.9. The van der Waals surface area contributed by atoms with Crippen LogP contribution in [0.5, 0.6) is 0 Å². The molecule has 0 saturated heterocycles. The van der Waals surface area contributed by atoms with Crippen LogP contribution in [0.4, 0.5) is 0 Å². The second-order valence-electron chi connectivity index (χ2n) is 17.2. The summed E-state index contributed by atoms with van der Waals surface area (Å²) >= 11 is 0. The number of hydrogen-bond acceptors (Lipinski definition) is 2. The Hall–Kier alpha value is -4.22. The molecular formula is C52H56O2P2. The van der Waals surface area contributed by atoms with Crippen LogP contribution in [0.2, 0.25) is 0 Å². The van der Waals surface area contributed by atoms with Crippen LogP contribution in [-0.4, -0.2) is 0 Å². The van der Waals surface area contributed by atoms with Crippen molar-refractivity contribution in [2.45, 2.75) is 107 Å². The fourth-order valence-corrected chi connectivity index (χ4v) is 16.6. The van der Waals surface area contributed by atoms with Crippen molar-refractivity contribution in [3.8, 4) is 11.1 Å². The van der Waals surface area contributed by atoms with Gasteiger partial charge in [-0.1, -0.05) is 80.9 Å². The number of rotatable bonds is 7. The molecule has 2 aliphatic carbocycles. The first-order chi connectivity index (χ1) is 26.7. The van der Waals surface area contributed by atoms with Gasteiger partial charge in [-0.25, -0.2) is 0 Å². The van der Waals surface area contributed by atoms with Crippen LogP contribution in [0, 0.1) is 55.4 Å². The molecule has 0 heterocycles. The van der Waals surface area contributed by atoms with E-state index in [4.69, 9.17) is 0 Å². The highest BCUT2D eigenvalue weighted by Crippen LogP contribution is 2.53. The summed E-state index contributed by atoms with van der Waals surface area (Å²) < 4.78 is 34.2. The molecule has 0 radical (unpaired) electrons. The molecule has 56 heavy (non-hydrogen) atoms. The molecule has 0 aromatic heterocycles. The van der Waals surface area contributed by atoms with Crippen molar-refractivity contribution >= 4 is 46.1 Å². The zero-order valence-corrected chi connectivity index (χ0v) is 36.4. The Kier molecular flexibility index (Phi) is 10.3. The van der Waals surface area contributed by atoms with Gasteiger partial charge in [0.1, 0.15) is 0 Å². The van der Waals surface area contributed by atoms with E-state index in [2.05, 4.69) is 152 Å². The molecule has 0 atom stereocenters. The van der Waals surface area contributed by atoms with Gasteiger partial charge >= 0.3 is 0 Å². The zero-order valence-electron chi connectivity index (χ0n) is 34.6. The molecule has 0 spiro atoms. The lowest BCUT2D eigenvalue weighted by Crippen LogP contribution is -2.33. The van der Waals surface area contributed by atoms with Crippen LogP contribution in [0.25, 0.3) is 11.1 Å². The van der Waals surface area contributed by atoms with Gasteiger partial charge in [-0.2, -0.15) is 0 Å². The van der Waals surface area contributed by atoms with E-state index in [1.165, 1.54) is 22.3 Å². The highest BCUT2D eigenvalue weighted by molar-refractivity contribution is 7.86. The van der Waals surface area contributed by atoms with Gasteiger partial charge in [-0.05, 0) is 201 Å². The van der Waals surface area contributed by atoms with Crippen LogP contribution in [0.1, 0.15) is 92.4 Å². The van der Waals surface area contributed by atoms with Crippen LogP contribution in [-0.2, 0) is 34.8 Å². The third kappa shape index (κ3) is 6.82. The molecule has 2 aliphatic rings. The lowest BCUT2D eigenvalue weighted by molar-refractivity contribution is 0.591. The molecular weight excluding hydrogens is 719 g/mol. The molecule has 4 heteroatoms. The Bertz CT molecular complexity index is 2270. The summed E-state index contributed by atoms with van der Waals surface area (Å²) in [5, 5.41) is 5.26. The van der Waals surface area contributed by atoms with Gasteiger partial charge in [0.2, 0.25) is 0 Å². The number of benzene rings is 6. The summed E-state index contributed by atoms with van der Waals surface area (Å²) in [5.41, 5.74) is 16.3. The van der Waals surface area contributed by atoms with Crippen molar-refractivity contribution in [2.24, 2.45) is 0 Å². The van der Waals surface area contributed by atoms with E-state index < -0.39 is 14.3 Å². The lowest BCUT2D eigenvalue weighted by atomic mass is 9.81. The molecule has 6 aromatic rings. The van der Waals surface area contributed by atoms with Crippen LogP contribution in [0.3, 0.4) is 0 Å². The zero-order chi connectivity index (χ0) is 39.5. The van der Waals surface area contributed by atoms with E-state index in [-0.39, 0.29) is 0 Å². The number of aryl methyl sites for hydroxylation is 10. The van der Waals surface area contributed by atoms with Gasteiger partial charge < -0.3 is 9.13 Å². The Morgan fingerprint density at radius 3 is 0.857 bits per heavy atom. The highest BCUT2D eigenvalue weighted by Gasteiger charge is 2.40. The summed E-state index contributed by atoms with van der Waals surface area (Å²) in [4.78, 5) is 0. The van der Waals surface area contributed by atoms with Gasteiger partial charge in [-0.15, -0.1) is 0 Å². The number of fused-ring (bicyclic) bond motifs is 2. The lowest BCUT2D eigenvalue weighted by Gasteiger charge is -2.33. The summed E-state index contributed by atoms with van der Waals surface area (Å²) in [6.45, 7) is 16.9. The Morgan fingerprint density at radius 1 is 0.339 bits per heavy atom. The quantitative estimate of drug-likeness (QED) is 0.151. The van der Waals surface area contributed by atoms with E-state index >= 15 is 9.13 Å². The van der Waals surface area contributed by atoms with Crippen molar-refractivity contribution in [3.05, 3.63) is 164 Å². The van der Waals surface area contributed by atoms with Gasteiger partial charge in [0.15, 0.2) is 14.3 Å². The molecule has 0 bridgehead atoms. The minimum atomic E-state index is -3.51. The summed E-state index contributed by atoms with van der Waals surface area (Å²) in [6.07, 6.45) is 8.26. The van der Waals surface area contributed by atoms with Crippen LogP contribution in [0.15, 0.2) is 97.1 Å². The van der Waals surface area contributed by atoms with Gasteiger partial charge in [0, 0.05) is 31.8 Å². The number of hydrogen-bond donors (Lipinski definition) is 0. The first kappa shape index (κ1) is 38.6. The minimum absolute atomic E-state index is 0.871. The van der Waals surface area contributed by atoms with E-state index in [9.17, 15) is 0 Å². The third-order valence-electron chi connectivity index (χ3n) is 12.2. The standard InChI is InChI=1S/C52H56O2P2/c1-33-21-34(2)26-43(25-33)55(53,44-27-35(3)22-36(4)28-44)49-19-17-41-13-9-11-15-47(41)51(49)52-48-16-12-10-14-42(48)18-20-50(52)56(54,45-29-37(5)23-38(6)30-45)46-31-39(7)24-40(8)32-46/h17-32H,9-16H2,1-8H3. The monoisotopic (exact) mass is 774 g/mol. The maximum atomic E-state index is 17.1. The largest absolute Gasteiger partial charge is 0.309 e. The summed E-state index contributed by atoms with van der Waals surface area (Å²) in [7, 11) is -7.01. The van der Waals surface area contributed by atoms with Crippen molar-refractivity contribution in [1.29, 1.82) is 0 Å². The van der Waals surface area contributed by atoms with E-state index in [0.717, 1.165) is 139 Å². The maximum absolute atomic E-state index is 17.1. The Balaban J connectivity index is 1.58. The summed E-state index contributed by atoms with van der Waals surface area (Å²) in [5.74, 6) is 0. The van der Waals surface area contributed by atoms with Crippen molar-refractivity contribution in [2.75, 3.05) is 0 Å². The first-order valence-corrected chi connectivity index (χ1v) is 24.0.